The number of H-pyrrole nitrogens is 1. The van der Waals surface area contributed by atoms with Crippen LogP contribution >= 0.6 is 0 Å². The molecule has 0 saturated heterocycles. The van der Waals surface area contributed by atoms with Crippen LogP contribution < -0.4 is 10.1 Å². The molecule has 0 spiro atoms. The number of ether oxygens (including phenoxy) is 2. The Bertz CT molecular complexity index is 916. The Kier molecular flexibility index (Phi) is 6.59. The average Bonchev–Trinajstić information content (AvgIpc) is 3.24. The number of nitrogens with one attached hydrogen (secondary N) is 2. The van der Waals surface area contributed by atoms with E-state index in [0.29, 0.717) is 36.4 Å². The summed E-state index contributed by atoms with van der Waals surface area (Å²) in [5.41, 5.74) is 1.74. The standard InChI is InChI=1S/C21H27FN4O4/c1-5-12(2)17(20(27)30-4)25-21(28)26-9-8-16-18(24-11-23-16)19(26)14-7-6-13(29-3)10-15(14)22/h6-7,10-12,17,19H,5,8-9H2,1-4H3,(H,23,24)(H,25,28)/t12-,17+,19?/m1/s1. The number of methoxy groups -OCH3 is 2. The van der Waals surface area contributed by atoms with E-state index in [4.69, 9.17) is 9.47 Å². The molecule has 2 N–H and O–H groups in total. The van der Waals surface area contributed by atoms with Gasteiger partial charge in [-0.3, -0.25) is 0 Å². The van der Waals surface area contributed by atoms with Crippen molar-refractivity contribution in [3.8, 4) is 5.75 Å². The molecule has 8 nitrogen and oxygen atoms in total. The summed E-state index contributed by atoms with van der Waals surface area (Å²) in [6, 6.07) is 2.51. The van der Waals surface area contributed by atoms with Crippen LogP contribution in [0.15, 0.2) is 24.5 Å². The van der Waals surface area contributed by atoms with E-state index in [1.165, 1.54) is 31.5 Å². The lowest BCUT2D eigenvalue weighted by molar-refractivity contribution is -0.144. The molecule has 30 heavy (non-hydrogen) atoms. The first kappa shape index (κ1) is 21.6. The maximum atomic E-state index is 14.9. The minimum Gasteiger partial charge on any atom is -0.497 e. The Morgan fingerprint density at radius 1 is 1.40 bits per heavy atom. The molecule has 1 unspecified atom stereocenters. The molecule has 2 aromatic rings. The molecule has 1 aliphatic heterocycles. The molecule has 0 fully saturated rings. The first-order valence-electron chi connectivity index (χ1n) is 9.91. The molecular weight excluding hydrogens is 391 g/mol. The maximum absolute atomic E-state index is 14.9. The molecule has 0 saturated carbocycles. The van der Waals surface area contributed by atoms with E-state index >= 15 is 0 Å². The van der Waals surface area contributed by atoms with Crippen molar-refractivity contribution in [1.29, 1.82) is 0 Å². The number of rotatable bonds is 6. The third-order valence-corrected chi connectivity index (χ3v) is 5.64. The van der Waals surface area contributed by atoms with Gasteiger partial charge in [-0.25, -0.2) is 19.0 Å². The molecule has 2 amide bonds. The van der Waals surface area contributed by atoms with Crippen molar-refractivity contribution in [3.63, 3.8) is 0 Å². The van der Waals surface area contributed by atoms with E-state index in [-0.39, 0.29) is 5.92 Å². The van der Waals surface area contributed by atoms with E-state index in [1.807, 2.05) is 13.8 Å². The van der Waals surface area contributed by atoms with Gasteiger partial charge in [-0.2, -0.15) is 0 Å². The molecule has 3 rings (SSSR count). The highest BCUT2D eigenvalue weighted by atomic mass is 19.1. The van der Waals surface area contributed by atoms with E-state index in [0.717, 1.165) is 5.69 Å². The summed E-state index contributed by atoms with van der Waals surface area (Å²) in [6.07, 6.45) is 2.76. The van der Waals surface area contributed by atoms with Gasteiger partial charge in [-0.05, 0) is 18.1 Å². The molecule has 0 aliphatic carbocycles. The van der Waals surface area contributed by atoms with Gasteiger partial charge < -0.3 is 24.7 Å². The predicted molar refractivity (Wildman–Crippen MR) is 108 cm³/mol. The van der Waals surface area contributed by atoms with Crippen LogP contribution in [0, 0.1) is 11.7 Å². The normalized spacial score (nSPS) is 17.6. The van der Waals surface area contributed by atoms with Crippen molar-refractivity contribution >= 4 is 12.0 Å². The summed E-state index contributed by atoms with van der Waals surface area (Å²) in [4.78, 5) is 34.4. The zero-order valence-electron chi connectivity index (χ0n) is 17.6. The molecule has 162 valence electrons. The lowest BCUT2D eigenvalue weighted by atomic mass is 9.95. The number of urea groups is 1. The van der Waals surface area contributed by atoms with Gasteiger partial charge in [0.2, 0.25) is 0 Å². The number of carbonyl (C=O) groups excluding carboxylic acids is 2. The fourth-order valence-corrected chi connectivity index (χ4v) is 3.68. The monoisotopic (exact) mass is 418 g/mol. The number of fused-ring (bicyclic) bond motifs is 1. The molecular formula is C21H27FN4O4. The smallest absolute Gasteiger partial charge is 0.328 e. The average molecular weight is 418 g/mol. The number of amides is 2. The third-order valence-electron chi connectivity index (χ3n) is 5.64. The van der Waals surface area contributed by atoms with Crippen molar-refractivity contribution in [2.45, 2.75) is 38.8 Å². The lowest BCUT2D eigenvalue weighted by Gasteiger charge is -2.36. The topological polar surface area (TPSA) is 96.5 Å². The Balaban J connectivity index is 1.96. The summed E-state index contributed by atoms with van der Waals surface area (Å²) in [5, 5.41) is 2.78. The highest BCUT2D eigenvalue weighted by Crippen LogP contribution is 2.35. The number of aromatic amines is 1. The number of nitrogens with zero attached hydrogens (tertiary/aromatic N) is 2. The fraction of sp³-hybridized carbons (Fsp3) is 0.476. The molecule has 1 aromatic heterocycles. The van der Waals surface area contributed by atoms with E-state index in [1.54, 1.807) is 12.1 Å². The van der Waals surface area contributed by atoms with Crippen molar-refractivity contribution < 1.29 is 23.5 Å². The minimum atomic E-state index is -0.797. The van der Waals surface area contributed by atoms with Gasteiger partial charge in [0.25, 0.3) is 0 Å². The zero-order valence-corrected chi connectivity index (χ0v) is 17.6. The molecule has 1 aliphatic rings. The van der Waals surface area contributed by atoms with Gasteiger partial charge in [0.15, 0.2) is 0 Å². The van der Waals surface area contributed by atoms with Crippen LogP contribution in [0.5, 0.6) is 5.75 Å². The summed E-state index contributed by atoms with van der Waals surface area (Å²) >= 11 is 0. The molecule has 0 radical (unpaired) electrons. The Morgan fingerprint density at radius 3 is 2.80 bits per heavy atom. The van der Waals surface area contributed by atoms with Crippen LogP contribution in [0.2, 0.25) is 0 Å². The highest BCUT2D eigenvalue weighted by Gasteiger charge is 2.38. The number of esters is 1. The van der Waals surface area contributed by atoms with E-state index in [2.05, 4.69) is 15.3 Å². The van der Waals surface area contributed by atoms with Crippen LogP contribution in [-0.2, 0) is 16.0 Å². The van der Waals surface area contributed by atoms with Gasteiger partial charge >= 0.3 is 12.0 Å². The second kappa shape index (κ2) is 9.15. The molecule has 9 heteroatoms. The Hall–Kier alpha value is -3.10. The van der Waals surface area contributed by atoms with E-state index < -0.39 is 29.9 Å². The van der Waals surface area contributed by atoms with Gasteiger partial charge in [-0.15, -0.1) is 0 Å². The SMILES string of the molecule is CC[C@@H](C)[C@H](NC(=O)N1CCc2[nH]cnc2C1c1ccc(OC)cc1F)C(=O)OC. The van der Waals surface area contributed by atoms with Gasteiger partial charge in [0.05, 0.1) is 26.2 Å². The predicted octanol–water partition coefficient (Wildman–Crippen LogP) is 2.80. The van der Waals surface area contributed by atoms with Crippen LogP contribution in [0.4, 0.5) is 9.18 Å². The summed E-state index contributed by atoms with van der Waals surface area (Å²) in [5.74, 6) is -0.752. The third kappa shape index (κ3) is 4.10. The van der Waals surface area contributed by atoms with Crippen LogP contribution in [0.1, 0.15) is 43.3 Å². The first-order chi connectivity index (χ1) is 14.4. The Morgan fingerprint density at radius 2 is 2.17 bits per heavy atom. The minimum absolute atomic E-state index is 0.122. The molecule has 2 heterocycles. The lowest BCUT2D eigenvalue weighted by Crippen LogP contribution is -2.53. The van der Waals surface area contributed by atoms with Crippen molar-refractivity contribution in [3.05, 3.63) is 47.3 Å². The van der Waals surface area contributed by atoms with Crippen LogP contribution in [0.3, 0.4) is 0 Å². The maximum Gasteiger partial charge on any atom is 0.328 e. The number of carbonyl (C=O) groups is 2. The second-order valence-corrected chi connectivity index (χ2v) is 7.34. The van der Waals surface area contributed by atoms with Crippen molar-refractivity contribution in [1.82, 2.24) is 20.2 Å². The Labute approximate surface area is 174 Å². The molecule has 3 atom stereocenters. The number of aromatic nitrogens is 2. The molecule has 1 aromatic carbocycles. The van der Waals surface area contributed by atoms with Gasteiger partial charge in [-0.1, -0.05) is 20.3 Å². The fourth-order valence-electron chi connectivity index (χ4n) is 3.68. The number of halogens is 1. The first-order valence-corrected chi connectivity index (χ1v) is 9.91. The number of imidazole rings is 1. The number of hydrogen-bond acceptors (Lipinski definition) is 5. The van der Waals surface area contributed by atoms with E-state index in [9.17, 15) is 14.0 Å². The van der Waals surface area contributed by atoms with Crippen molar-refractivity contribution in [2.24, 2.45) is 5.92 Å². The summed E-state index contributed by atoms with van der Waals surface area (Å²) in [7, 11) is 2.75. The zero-order chi connectivity index (χ0) is 21.8. The van der Waals surface area contributed by atoms with Crippen molar-refractivity contribution in [2.75, 3.05) is 20.8 Å². The highest BCUT2D eigenvalue weighted by molar-refractivity contribution is 5.84. The quantitative estimate of drug-likeness (QED) is 0.704. The largest absolute Gasteiger partial charge is 0.497 e. The number of hydrogen-bond donors (Lipinski definition) is 2. The van der Waals surface area contributed by atoms with Gasteiger partial charge in [0, 0.05) is 30.3 Å². The van der Waals surface area contributed by atoms with Gasteiger partial charge in [0.1, 0.15) is 23.7 Å². The van der Waals surface area contributed by atoms with Crippen LogP contribution in [0.25, 0.3) is 0 Å². The summed E-state index contributed by atoms with van der Waals surface area (Å²) < 4.78 is 24.9. The number of benzene rings is 1. The summed E-state index contributed by atoms with van der Waals surface area (Å²) in [6.45, 7) is 4.13. The second-order valence-electron chi connectivity index (χ2n) is 7.34. The molecule has 0 bridgehead atoms. The van der Waals surface area contributed by atoms with Crippen LogP contribution in [-0.4, -0.2) is 53.7 Å².